The highest BCUT2D eigenvalue weighted by molar-refractivity contribution is 7.18. The van der Waals surface area contributed by atoms with Gasteiger partial charge in [0.2, 0.25) is 0 Å². The maximum Gasteiger partial charge on any atom is 0.273 e. The number of nitriles is 1. The fourth-order valence-corrected chi connectivity index (χ4v) is 3.84. The van der Waals surface area contributed by atoms with Gasteiger partial charge in [0.25, 0.3) is 17.5 Å². The van der Waals surface area contributed by atoms with E-state index in [0.29, 0.717) is 29.1 Å². The zero-order valence-corrected chi connectivity index (χ0v) is 16.8. The van der Waals surface area contributed by atoms with E-state index >= 15 is 0 Å². The molecule has 0 aliphatic heterocycles. The summed E-state index contributed by atoms with van der Waals surface area (Å²) in [4.78, 5) is 37.8. The van der Waals surface area contributed by atoms with Gasteiger partial charge in [0.15, 0.2) is 0 Å². The van der Waals surface area contributed by atoms with Crippen molar-refractivity contribution < 1.29 is 14.5 Å². The van der Waals surface area contributed by atoms with E-state index in [1.807, 2.05) is 19.9 Å². The molecule has 0 atom stereocenters. The molecule has 0 fully saturated rings. The molecule has 0 aliphatic carbocycles. The highest BCUT2D eigenvalue weighted by Crippen LogP contribution is 2.34. The van der Waals surface area contributed by atoms with Crippen LogP contribution < -0.4 is 5.32 Å². The molecular formula is C19H20N4O4S. The van der Waals surface area contributed by atoms with Gasteiger partial charge < -0.3 is 10.2 Å². The molecule has 8 nitrogen and oxygen atoms in total. The smallest absolute Gasteiger partial charge is 0.273 e. The Morgan fingerprint density at radius 1 is 1.29 bits per heavy atom. The normalized spacial score (nSPS) is 10.2. The molecule has 2 amide bonds. The van der Waals surface area contributed by atoms with E-state index in [2.05, 4.69) is 5.32 Å². The minimum Gasteiger partial charge on any atom is -0.338 e. The molecule has 0 saturated carbocycles. The van der Waals surface area contributed by atoms with E-state index in [1.54, 1.807) is 18.7 Å². The number of nitro groups is 1. The van der Waals surface area contributed by atoms with Crippen molar-refractivity contribution in [3.8, 4) is 6.07 Å². The summed E-state index contributed by atoms with van der Waals surface area (Å²) in [6.07, 6.45) is 0. The highest BCUT2D eigenvalue weighted by atomic mass is 32.1. The Morgan fingerprint density at radius 2 is 1.93 bits per heavy atom. The van der Waals surface area contributed by atoms with E-state index in [0.717, 1.165) is 11.3 Å². The standard InChI is InChI=1S/C19H20N4O4S/c1-5-22(6-2)19(25)16-12(4)14(10-20)18(28-16)21-17(24)13-8-7-11(3)15(9-13)23(26)27/h7-9H,5-6H2,1-4H3,(H,21,24). The van der Waals surface area contributed by atoms with Crippen LogP contribution in [0.2, 0.25) is 0 Å². The van der Waals surface area contributed by atoms with E-state index < -0.39 is 10.8 Å². The predicted octanol–water partition coefficient (Wildman–Crippen LogP) is 3.88. The Labute approximate surface area is 166 Å². The summed E-state index contributed by atoms with van der Waals surface area (Å²) in [7, 11) is 0. The van der Waals surface area contributed by atoms with Crippen LogP contribution in [0, 0.1) is 35.3 Å². The van der Waals surface area contributed by atoms with Crippen LogP contribution in [0.5, 0.6) is 0 Å². The van der Waals surface area contributed by atoms with Crippen LogP contribution in [0.3, 0.4) is 0 Å². The van der Waals surface area contributed by atoms with Crippen molar-refractivity contribution in [2.75, 3.05) is 18.4 Å². The molecule has 9 heteroatoms. The highest BCUT2D eigenvalue weighted by Gasteiger charge is 2.24. The average Bonchev–Trinajstić information content (AvgIpc) is 2.97. The molecule has 0 saturated heterocycles. The number of thiophene rings is 1. The molecule has 1 N–H and O–H groups in total. The summed E-state index contributed by atoms with van der Waals surface area (Å²) in [6.45, 7) is 8.04. The van der Waals surface area contributed by atoms with Crippen molar-refractivity contribution in [3.05, 3.63) is 55.4 Å². The quantitative estimate of drug-likeness (QED) is 0.583. The summed E-state index contributed by atoms with van der Waals surface area (Å²) in [6, 6.07) is 6.19. The second-order valence-corrected chi connectivity index (χ2v) is 7.08. The number of hydrogen-bond donors (Lipinski definition) is 1. The molecule has 0 aliphatic rings. The van der Waals surface area contributed by atoms with Crippen LogP contribution in [0.15, 0.2) is 18.2 Å². The lowest BCUT2D eigenvalue weighted by molar-refractivity contribution is -0.385. The largest absolute Gasteiger partial charge is 0.338 e. The Bertz CT molecular complexity index is 987. The number of benzene rings is 1. The number of amides is 2. The number of carbonyl (C=O) groups is 2. The van der Waals surface area contributed by atoms with Gasteiger partial charge in [-0.25, -0.2) is 0 Å². The molecule has 1 aromatic heterocycles. The van der Waals surface area contributed by atoms with E-state index in [4.69, 9.17) is 0 Å². The monoisotopic (exact) mass is 400 g/mol. The van der Waals surface area contributed by atoms with Crippen LogP contribution in [0.4, 0.5) is 10.7 Å². The van der Waals surface area contributed by atoms with E-state index in [9.17, 15) is 25.0 Å². The molecule has 146 valence electrons. The summed E-state index contributed by atoms with van der Waals surface area (Å²) in [5.41, 5.74) is 1.11. The number of nitro benzene ring substituents is 1. The van der Waals surface area contributed by atoms with Crippen molar-refractivity contribution >= 4 is 33.8 Å². The molecule has 2 rings (SSSR count). The van der Waals surface area contributed by atoms with Crippen molar-refractivity contribution in [1.29, 1.82) is 5.26 Å². The topological polar surface area (TPSA) is 116 Å². The van der Waals surface area contributed by atoms with Gasteiger partial charge in [-0.1, -0.05) is 6.07 Å². The fraction of sp³-hybridized carbons (Fsp3) is 0.316. The summed E-state index contributed by atoms with van der Waals surface area (Å²) in [5, 5.41) is 23.4. The zero-order chi connectivity index (χ0) is 21.0. The lowest BCUT2D eigenvalue weighted by atomic mass is 10.1. The molecule has 1 heterocycles. The summed E-state index contributed by atoms with van der Waals surface area (Å²) >= 11 is 1.03. The fourth-order valence-electron chi connectivity index (χ4n) is 2.72. The second kappa shape index (κ2) is 8.63. The van der Waals surface area contributed by atoms with Crippen LogP contribution in [0.1, 0.15) is 50.6 Å². The first-order chi connectivity index (χ1) is 13.2. The van der Waals surface area contributed by atoms with Gasteiger partial charge in [0.1, 0.15) is 11.1 Å². The Balaban J connectivity index is 2.39. The molecule has 2 aromatic rings. The number of aryl methyl sites for hydroxylation is 1. The van der Waals surface area contributed by atoms with Crippen molar-refractivity contribution in [2.24, 2.45) is 0 Å². The predicted molar refractivity (Wildman–Crippen MR) is 107 cm³/mol. The molecule has 1 aromatic carbocycles. The number of nitrogens with zero attached hydrogens (tertiary/aromatic N) is 3. The van der Waals surface area contributed by atoms with E-state index in [-0.39, 0.29) is 27.7 Å². The van der Waals surface area contributed by atoms with Gasteiger partial charge in [0, 0.05) is 30.3 Å². The Morgan fingerprint density at radius 3 is 2.46 bits per heavy atom. The number of anilines is 1. The zero-order valence-electron chi connectivity index (χ0n) is 16.0. The minimum absolute atomic E-state index is 0.101. The first kappa shape index (κ1) is 21.1. The molecule has 0 unspecified atom stereocenters. The number of hydrogen-bond acceptors (Lipinski definition) is 6. The lowest BCUT2D eigenvalue weighted by Crippen LogP contribution is -2.30. The van der Waals surface area contributed by atoms with Crippen LogP contribution in [0.25, 0.3) is 0 Å². The third-order valence-corrected chi connectivity index (χ3v) is 5.59. The maximum atomic E-state index is 12.7. The van der Waals surface area contributed by atoms with Crippen molar-refractivity contribution in [1.82, 2.24) is 4.90 Å². The number of carbonyl (C=O) groups excluding carboxylic acids is 2. The minimum atomic E-state index is -0.581. The van der Waals surface area contributed by atoms with Crippen LogP contribution in [-0.2, 0) is 0 Å². The molecule has 0 bridgehead atoms. The third-order valence-electron chi connectivity index (χ3n) is 4.40. The van der Waals surface area contributed by atoms with Crippen LogP contribution in [-0.4, -0.2) is 34.7 Å². The van der Waals surface area contributed by atoms with Gasteiger partial charge in [-0.05, 0) is 39.3 Å². The number of nitrogens with one attached hydrogen (secondary N) is 1. The van der Waals surface area contributed by atoms with Gasteiger partial charge in [-0.2, -0.15) is 5.26 Å². The first-order valence-corrected chi connectivity index (χ1v) is 9.45. The van der Waals surface area contributed by atoms with Crippen molar-refractivity contribution in [2.45, 2.75) is 27.7 Å². The first-order valence-electron chi connectivity index (χ1n) is 8.64. The summed E-state index contributed by atoms with van der Waals surface area (Å²) < 4.78 is 0. The average molecular weight is 400 g/mol. The number of rotatable bonds is 6. The summed E-state index contributed by atoms with van der Waals surface area (Å²) in [5.74, 6) is -0.779. The van der Waals surface area contributed by atoms with E-state index in [1.165, 1.54) is 18.2 Å². The van der Waals surface area contributed by atoms with Gasteiger partial charge in [0.05, 0.1) is 15.4 Å². The third kappa shape index (κ3) is 4.02. The second-order valence-electron chi connectivity index (χ2n) is 6.06. The van der Waals surface area contributed by atoms with Crippen molar-refractivity contribution in [3.63, 3.8) is 0 Å². The molecule has 0 radical (unpaired) electrons. The molecule has 0 spiro atoms. The Hall–Kier alpha value is -3.25. The molecular weight excluding hydrogens is 380 g/mol. The lowest BCUT2D eigenvalue weighted by Gasteiger charge is -2.17. The maximum absolute atomic E-state index is 12.7. The van der Waals surface area contributed by atoms with Crippen LogP contribution >= 0.6 is 11.3 Å². The SMILES string of the molecule is CCN(CC)C(=O)c1sc(NC(=O)c2ccc(C)c([N+](=O)[O-])c2)c(C#N)c1C. The van der Waals surface area contributed by atoms with Gasteiger partial charge in [-0.3, -0.25) is 19.7 Å². The Kier molecular flexibility index (Phi) is 6.49. The van der Waals surface area contributed by atoms with Gasteiger partial charge >= 0.3 is 0 Å². The van der Waals surface area contributed by atoms with Gasteiger partial charge in [-0.15, -0.1) is 11.3 Å². The molecule has 28 heavy (non-hydrogen) atoms.